The number of rotatable bonds is 6. The molecule has 0 saturated heterocycles. The van der Waals surface area contributed by atoms with Gasteiger partial charge in [-0.15, -0.1) is 11.3 Å². The average Bonchev–Trinajstić information content (AvgIpc) is 3.20. The van der Waals surface area contributed by atoms with Gasteiger partial charge in [-0.2, -0.15) is 0 Å². The monoisotopic (exact) mass is 478 g/mol. The molecule has 0 bridgehead atoms. The molecule has 1 aliphatic rings. The predicted octanol–water partition coefficient (Wildman–Crippen LogP) is 4.77. The van der Waals surface area contributed by atoms with E-state index in [1.54, 1.807) is 15.9 Å². The normalized spacial score (nSPS) is 13.2. The molecule has 33 heavy (non-hydrogen) atoms. The highest BCUT2D eigenvalue weighted by atomic mass is 32.2. The van der Waals surface area contributed by atoms with Gasteiger partial charge in [-0.3, -0.25) is 14.2 Å². The Balaban J connectivity index is 1.53. The van der Waals surface area contributed by atoms with E-state index in [1.807, 2.05) is 30.3 Å². The van der Waals surface area contributed by atoms with Crippen molar-refractivity contribution in [2.24, 2.45) is 0 Å². The van der Waals surface area contributed by atoms with Crippen LogP contribution < -0.4 is 5.56 Å². The largest absolute Gasteiger partial charge is 0.504 e. The second-order valence-electron chi connectivity index (χ2n) is 8.08. The van der Waals surface area contributed by atoms with Crippen molar-refractivity contribution < 1.29 is 15.0 Å². The minimum absolute atomic E-state index is 0.0551. The number of Topliss-reactive ketones (excluding diaryl/α,β-unsaturated/α-hetero) is 1. The fourth-order valence-electron chi connectivity index (χ4n) is 4.15. The van der Waals surface area contributed by atoms with Crippen LogP contribution in [-0.4, -0.2) is 31.3 Å². The zero-order valence-electron chi connectivity index (χ0n) is 17.8. The molecule has 6 nitrogen and oxygen atoms in total. The van der Waals surface area contributed by atoms with Crippen LogP contribution in [0.3, 0.4) is 0 Å². The van der Waals surface area contributed by atoms with Crippen LogP contribution in [0.2, 0.25) is 0 Å². The molecule has 0 radical (unpaired) electrons. The van der Waals surface area contributed by atoms with Gasteiger partial charge in [0.05, 0.1) is 17.7 Å². The molecule has 2 N–H and O–H groups in total. The van der Waals surface area contributed by atoms with Crippen molar-refractivity contribution in [3.63, 3.8) is 0 Å². The zero-order chi connectivity index (χ0) is 22.9. The SMILES string of the molecule is O=C(CSc1nc2sc3c(c2c(=O)n1Cc1ccccc1)CCCC3)c1ccc(O)c(O)c1. The number of thiophene rings is 1. The van der Waals surface area contributed by atoms with E-state index in [0.717, 1.165) is 47.0 Å². The third-order valence-corrected chi connectivity index (χ3v) is 8.02. The van der Waals surface area contributed by atoms with E-state index in [2.05, 4.69) is 0 Å². The molecule has 0 spiro atoms. The van der Waals surface area contributed by atoms with Gasteiger partial charge in [0, 0.05) is 10.4 Å². The number of fused-ring (bicyclic) bond motifs is 3. The van der Waals surface area contributed by atoms with Gasteiger partial charge < -0.3 is 10.2 Å². The number of carbonyl (C=O) groups excluding carboxylic acids is 1. The van der Waals surface area contributed by atoms with Crippen molar-refractivity contribution in [3.05, 3.63) is 80.5 Å². The van der Waals surface area contributed by atoms with Crippen molar-refractivity contribution in [3.8, 4) is 11.5 Å². The molecule has 0 amide bonds. The Hall–Kier alpha value is -3.10. The molecule has 4 aromatic rings. The highest BCUT2D eigenvalue weighted by Crippen LogP contribution is 2.35. The number of thioether (sulfide) groups is 1. The van der Waals surface area contributed by atoms with Crippen LogP contribution in [0.5, 0.6) is 11.5 Å². The van der Waals surface area contributed by atoms with E-state index in [1.165, 1.54) is 34.8 Å². The van der Waals surface area contributed by atoms with Crippen molar-refractivity contribution >= 4 is 39.1 Å². The van der Waals surface area contributed by atoms with Crippen LogP contribution in [0.4, 0.5) is 0 Å². The molecular formula is C25H22N2O4S2. The van der Waals surface area contributed by atoms with E-state index in [9.17, 15) is 19.8 Å². The molecule has 2 heterocycles. The summed E-state index contributed by atoms with van der Waals surface area (Å²) in [4.78, 5) is 33.2. The summed E-state index contributed by atoms with van der Waals surface area (Å²) in [5, 5.41) is 20.4. The van der Waals surface area contributed by atoms with Gasteiger partial charge in [0.15, 0.2) is 22.4 Å². The molecule has 0 saturated carbocycles. The smallest absolute Gasteiger partial charge is 0.263 e. The molecule has 5 rings (SSSR count). The molecule has 0 aliphatic heterocycles. The summed E-state index contributed by atoms with van der Waals surface area (Å²) >= 11 is 2.81. The van der Waals surface area contributed by atoms with Crippen LogP contribution in [-0.2, 0) is 19.4 Å². The third-order valence-electron chi connectivity index (χ3n) is 5.85. The number of hydrogen-bond donors (Lipinski definition) is 2. The Bertz CT molecular complexity index is 1410. The summed E-state index contributed by atoms with van der Waals surface area (Å²) in [5.74, 6) is -0.774. The lowest BCUT2D eigenvalue weighted by Gasteiger charge is -2.13. The number of phenols is 2. The van der Waals surface area contributed by atoms with Gasteiger partial charge in [0.1, 0.15) is 4.83 Å². The number of hydrogen-bond acceptors (Lipinski definition) is 7. The van der Waals surface area contributed by atoms with Crippen LogP contribution in [0.25, 0.3) is 10.2 Å². The summed E-state index contributed by atoms with van der Waals surface area (Å²) in [6.07, 6.45) is 4.11. The van der Waals surface area contributed by atoms with Gasteiger partial charge >= 0.3 is 0 Å². The minimum Gasteiger partial charge on any atom is -0.504 e. The molecule has 0 unspecified atom stereocenters. The Kier molecular flexibility index (Phi) is 5.95. The van der Waals surface area contributed by atoms with Crippen LogP contribution in [0, 0.1) is 0 Å². The standard InChI is InChI=1S/C25H22N2O4S2/c28-18-11-10-16(12-19(18)29)20(30)14-32-25-26-23-22(17-8-4-5-9-21(17)33-23)24(31)27(25)13-15-6-2-1-3-7-15/h1-3,6-7,10-12,28-29H,4-5,8-9,13-14H2. The van der Waals surface area contributed by atoms with E-state index in [0.29, 0.717) is 17.3 Å². The number of ketones is 1. The minimum atomic E-state index is -0.337. The van der Waals surface area contributed by atoms with Crippen LogP contribution in [0.1, 0.15) is 39.2 Å². The molecule has 0 fully saturated rings. The molecule has 2 aromatic carbocycles. The van der Waals surface area contributed by atoms with Crippen molar-refractivity contribution in [1.82, 2.24) is 9.55 Å². The van der Waals surface area contributed by atoms with Crippen molar-refractivity contribution in [1.29, 1.82) is 0 Å². The molecule has 8 heteroatoms. The lowest BCUT2D eigenvalue weighted by molar-refractivity contribution is 0.102. The average molecular weight is 479 g/mol. The van der Waals surface area contributed by atoms with Crippen molar-refractivity contribution in [2.75, 3.05) is 5.75 Å². The first-order valence-corrected chi connectivity index (χ1v) is 12.6. The Morgan fingerprint density at radius 3 is 2.64 bits per heavy atom. The van der Waals surface area contributed by atoms with Gasteiger partial charge in [0.25, 0.3) is 5.56 Å². The fourth-order valence-corrected chi connectivity index (χ4v) is 6.34. The molecule has 0 atom stereocenters. The number of aryl methyl sites for hydroxylation is 2. The summed E-state index contributed by atoms with van der Waals surface area (Å²) in [7, 11) is 0. The highest BCUT2D eigenvalue weighted by Gasteiger charge is 2.23. The van der Waals surface area contributed by atoms with Gasteiger partial charge in [-0.1, -0.05) is 42.1 Å². The second-order valence-corrected chi connectivity index (χ2v) is 10.1. The summed E-state index contributed by atoms with van der Waals surface area (Å²) in [6, 6.07) is 13.8. The summed E-state index contributed by atoms with van der Waals surface area (Å²) < 4.78 is 1.67. The quantitative estimate of drug-likeness (QED) is 0.179. The predicted molar refractivity (Wildman–Crippen MR) is 131 cm³/mol. The number of aromatic hydroxyl groups is 2. The zero-order valence-corrected chi connectivity index (χ0v) is 19.4. The highest BCUT2D eigenvalue weighted by molar-refractivity contribution is 7.99. The first-order valence-electron chi connectivity index (χ1n) is 10.8. The number of benzene rings is 2. The Morgan fingerprint density at radius 2 is 1.85 bits per heavy atom. The Morgan fingerprint density at radius 1 is 1.06 bits per heavy atom. The molecule has 2 aromatic heterocycles. The summed E-state index contributed by atoms with van der Waals surface area (Å²) in [6.45, 7) is 0.379. The van der Waals surface area contributed by atoms with Crippen LogP contribution in [0.15, 0.2) is 58.5 Å². The second kappa shape index (κ2) is 9.03. The lowest BCUT2D eigenvalue weighted by Crippen LogP contribution is -2.24. The first-order chi connectivity index (χ1) is 16.0. The van der Waals surface area contributed by atoms with Crippen molar-refractivity contribution in [2.45, 2.75) is 37.4 Å². The van der Waals surface area contributed by atoms with Gasteiger partial charge in [-0.05, 0) is 55.0 Å². The maximum Gasteiger partial charge on any atom is 0.263 e. The van der Waals surface area contributed by atoms with Gasteiger partial charge in [0.2, 0.25) is 0 Å². The lowest BCUT2D eigenvalue weighted by atomic mass is 9.97. The number of carbonyl (C=O) groups is 1. The van der Waals surface area contributed by atoms with Gasteiger partial charge in [-0.25, -0.2) is 4.98 Å². The number of nitrogens with zero attached hydrogens (tertiary/aromatic N) is 2. The third kappa shape index (κ3) is 4.28. The molecular weight excluding hydrogens is 456 g/mol. The summed E-state index contributed by atoms with van der Waals surface area (Å²) in [5.41, 5.74) is 2.37. The fraction of sp³-hybridized carbons (Fsp3) is 0.240. The maximum atomic E-state index is 13.7. The van der Waals surface area contributed by atoms with E-state index in [4.69, 9.17) is 4.98 Å². The maximum absolute atomic E-state index is 13.7. The van der Waals surface area contributed by atoms with E-state index < -0.39 is 0 Å². The number of aromatic nitrogens is 2. The van der Waals surface area contributed by atoms with E-state index in [-0.39, 0.29) is 28.6 Å². The molecule has 168 valence electrons. The first kappa shape index (κ1) is 21.7. The van der Waals surface area contributed by atoms with E-state index >= 15 is 0 Å². The van der Waals surface area contributed by atoms with Crippen LogP contribution >= 0.6 is 23.1 Å². The molecule has 1 aliphatic carbocycles. The Labute approximate surface area is 198 Å². The number of phenolic OH excluding ortho intramolecular Hbond substituents is 2. The topological polar surface area (TPSA) is 92.4 Å².